The number of ether oxygens (including phenoxy) is 1. The average molecular weight is 228 g/mol. The van der Waals surface area contributed by atoms with Crippen molar-refractivity contribution in [3.05, 3.63) is 42.2 Å². The Balaban J connectivity index is 2.10. The van der Waals surface area contributed by atoms with Crippen molar-refractivity contribution < 1.29 is 4.74 Å². The maximum absolute atomic E-state index is 5.83. The molecule has 88 valence electrons. The van der Waals surface area contributed by atoms with Gasteiger partial charge in [-0.2, -0.15) is 0 Å². The van der Waals surface area contributed by atoms with Gasteiger partial charge < -0.3 is 10.5 Å². The minimum atomic E-state index is 0.110. The highest BCUT2D eigenvalue weighted by atomic mass is 16.5. The van der Waals surface area contributed by atoms with Gasteiger partial charge >= 0.3 is 0 Å². The van der Waals surface area contributed by atoms with Gasteiger partial charge in [0.05, 0.1) is 6.10 Å². The maximum Gasteiger partial charge on any atom is 0.0886 e. The number of aromatic nitrogens is 1. The average Bonchev–Trinajstić information content (AvgIpc) is 2.86. The van der Waals surface area contributed by atoms with E-state index in [1.807, 2.05) is 18.5 Å². The zero-order chi connectivity index (χ0) is 11.7. The first-order chi connectivity index (χ1) is 8.40. The van der Waals surface area contributed by atoms with E-state index in [1.165, 1.54) is 10.9 Å². The van der Waals surface area contributed by atoms with Crippen molar-refractivity contribution in [1.29, 1.82) is 0 Å². The maximum atomic E-state index is 5.83. The molecule has 2 heterocycles. The van der Waals surface area contributed by atoms with Crippen LogP contribution in [0.4, 0.5) is 0 Å². The van der Waals surface area contributed by atoms with Crippen LogP contribution in [0.15, 0.2) is 36.7 Å². The molecule has 0 saturated carbocycles. The van der Waals surface area contributed by atoms with E-state index in [0.717, 1.165) is 18.4 Å². The molecule has 1 aromatic carbocycles. The van der Waals surface area contributed by atoms with Gasteiger partial charge in [0.1, 0.15) is 0 Å². The molecule has 3 rings (SSSR count). The summed E-state index contributed by atoms with van der Waals surface area (Å²) in [5, 5.41) is 2.39. The molecule has 2 unspecified atom stereocenters. The van der Waals surface area contributed by atoms with Crippen LogP contribution < -0.4 is 5.73 Å². The van der Waals surface area contributed by atoms with Crippen molar-refractivity contribution in [1.82, 2.24) is 4.98 Å². The molecule has 0 amide bonds. The normalized spacial score (nSPS) is 24.3. The number of rotatable bonds is 2. The molecule has 1 saturated heterocycles. The Morgan fingerprint density at radius 3 is 3.06 bits per heavy atom. The Morgan fingerprint density at radius 1 is 1.29 bits per heavy atom. The van der Waals surface area contributed by atoms with Crippen LogP contribution in [0.25, 0.3) is 10.8 Å². The predicted molar refractivity (Wildman–Crippen MR) is 67.6 cm³/mol. The number of hydrogen-bond acceptors (Lipinski definition) is 3. The molecule has 3 heteroatoms. The topological polar surface area (TPSA) is 48.1 Å². The smallest absolute Gasteiger partial charge is 0.0886 e. The fraction of sp³-hybridized carbons (Fsp3) is 0.357. The van der Waals surface area contributed by atoms with Crippen molar-refractivity contribution in [3.8, 4) is 0 Å². The molecule has 0 radical (unpaired) electrons. The van der Waals surface area contributed by atoms with Gasteiger partial charge in [0, 0.05) is 35.9 Å². The molecule has 0 spiro atoms. The Bertz CT molecular complexity index is 521. The first kappa shape index (κ1) is 10.7. The van der Waals surface area contributed by atoms with E-state index in [-0.39, 0.29) is 6.10 Å². The standard InChI is InChI=1S/C14H16N2O/c15-7-10-5-6-17-14(10)13-9-16-8-11-3-1-2-4-12(11)13/h1-4,8-10,14H,5-7,15H2. The minimum Gasteiger partial charge on any atom is -0.373 e. The lowest BCUT2D eigenvalue weighted by Crippen LogP contribution is -2.18. The molecular formula is C14H16N2O. The first-order valence-corrected chi connectivity index (χ1v) is 6.04. The lowest BCUT2D eigenvalue weighted by molar-refractivity contribution is 0.0934. The zero-order valence-electron chi connectivity index (χ0n) is 9.67. The second-order valence-electron chi connectivity index (χ2n) is 4.53. The van der Waals surface area contributed by atoms with E-state index in [2.05, 4.69) is 23.2 Å². The number of fused-ring (bicyclic) bond motifs is 1. The Kier molecular flexibility index (Phi) is 2.79. The third kappa shape index (κ3) is 1.81. The summed E-state index contributed by atoms with van der Waals surface area (Å²) in [6.45, 7) is 1.48. The SMILES string of the molecule is NCC1CCOC1c1cncc2ccccc12. The van der Waals surface area contributed by atoms with E-state index in [9.17, 15) is 0 Å². The molecule has 2 aromatic rings. The van der Waals surface area contributed by atoms with Crippen LogP contribution in [0.1, 0.15) is 18.1 Å². The number of benzene rings is 1. The summed E-state index contributed by atoms with van der Waals surface area (Å²) >= 11 is 0. The van der Waals surface area contributed by atoms with E-state index in [1.54, 1.807) is 0 Å². The van der Waals surface area contributed by atoms with Crippen LogP contribution in [0.5, 0.6) is 0 Å². The summed E-state index contributed by atoms with van der Waals surface area (Å²) in [4.78, 5) is 4.31. The molecule has 17 heavy (non-hydrogen) atoms. The Labute approximate surface area is 101 Å². The number of hydrogen-bond donors (Lipinski definition) is 1. The van der Waals surface area contributed by atoms with Crippen molar-refractivity contribution in [2.45, 2.75) is 12.5 Å². The molecular weight excluding hydrogens is 212 g/mol. The van der Waals surface area contributed by atoms with Crippen LogP contribution in [0.3, 0.4) is 0 Å². The van der Waals surface area contributed by atoms with Gasteiger partial charge in [-0.15, -0.1) is 0 Å². The van der Waals surface area contributed by atoms with Crippen molar-refractivity contribution in [2.24, 2.45) is 11.7 Å². The highest BCUT2D eigenvalue weighted by Crippen LogP contribution is 2.36. The molecule has 2 atom stereocenters. The first-order valence-electron chi connectivity index (χ1n) is 6.04. The van der Waals surface area contributed by atoms with Gasteiger partial charge in [-0.1, -0.05) is 24.3 Å². The van der Waals surface area contributed by atoms with Crippen molar-refractivity contribution in [3.63, 3.8) is 0 Å². The van der Waals surface area contributed by atoms with Crippen molar-refractivity contribution >= 4 is 10.8 Å². The van der Waals surface area contributed by atoms with Crippen LogP contribution in [0, 0.1) is 5.92 Å². The molecule has 1 aromatic heterocycles. The summed E-state index contributed by atoms with van der Waals surface area (Å²) in [5.74, 6) is 0.419. The van der Waals surface area contributed by atoms with Crippen LogP contribution in [0.2, 0.25) is 0 Å². The fourth-order valence-corrected chi connectivity index (χ4v) is 2.59. The van der Waals surface area contributed by atoms with E-state index >= 15 is 0 Å². The third-order valence-electron chi connectivity index (χ3n) is 3.52. The second kappa shape index (κ2) is 4.43. The highest BCUT2D eigenvalue weighted by Gasteiger charge is 2.29. The predicted octanol–water partition coefficient (Wildman–Crippen LogP) is 2.27. The molecule has 1 fully saturated rings. The van der Waals surface area contributed by atoms with E-state index in [0.29, 0.717) is 12.5 Å². The summed E-state index contributed by atoms with van der Waals surface area (Å²) in [6, 6.07) is 8.29. The summed E-state index contributed by atoms with van der Waals surface area (Å²) < 4.78 is 5.83. The van der Waals surface area contributed by atoms with E-state index in [4.69, 9.17) is 10.5 Å². The van der Waals surface area contributed by atoms with Gasteiger partial charge in [0.2, 0.25) is 0 Å². The van der Waals surface area contributed by atoms with Crippen molar-refractivity contribution in [2.75, 3.05) is 13.2 Å². The fourth-order valence-electron chi connectivity index (χ4n) is 2.59. The summed E-state index contributed by atoms with van der Waals surface area (Å²) in [6.07, 6.45) is 4.97. The zero-order valence-corrected chi connectivity index (χ0v) is 9.67. The van der Waals surface area contributed by atoms with Crippen LogP contribution in [-0.4, -0.2) is 18.1 Å². The lowest BCUT2D eigenvalue weighted by atomic mass is 9.93. The Hall–Kier alpha value is -1.45. The third-order valence-corrected chi connectivity index (χ3v) is 3.52. The summed E-state index contributed by atoms with van der Waals surface area (Å²) in [7, 11) is 0. The minimum absolute atomic E-state index is 0.110. The van der Waals surface area contributed by atoms with E-state index < -0.39 is 0 Å². The van der Waals surface area contributed by atoms with Crippen LogP contribution >= 0.6 is 0 Å². The molecule has 0 bridgehead atoms. The molecule has 1 aliphatic heterocycles. The quantitative estimate of drug-likeness (QED) is 0.857. The number of nitrogens with zero attached hydrogens (tertiary/aromatic N) is 1. The lowest BCUT2D eigenvalue weighted by Gasteiger charge is -2.18. The molecule has 2 N–H and O–H groups in total. The van der Waals surface area contributed by atoms with Gasteiger partial charge in [-0.05, 0) is 18.4 Å². The summed E-state index contributed by atoms with van der Waals surface area (Å²) in [5.41, 5.74) is 6.98. The molecule has 0 aliphatic carbocycles. The highest BCUT2D eigenvalue weighted by molar-refractivity contribution is 5.85. The number of pyridine rings is 1. The van der Waals surface area contributed by atoms with Gasteiger partial charge in [-0.25, -0.2) is 0 Å². The monoisotopic (exact) mass is 228 g/mol. The van der Waals surface area contributed by atoms with Gasteiger partial charge in [0.25, 0.3) is 0 Å². The number of nitrogens with two attached hydrogens (primary N) is 1. The van der Waals surface area contributed by atoms with Gasteiger partial charge in [-0.3, -0.25) is 4.98 Å². The molecule has 1 aliphatic rings. The largest absolute Gasteiger partial charge is 0.373 e. The molecule has 3 nitrogen and oxygen atoms in total. The van der Waals surface area contributed by atoms with Gasteiger partial charge in [0.15, 0.2) is 0 Å². The Morgan fingerprint density at radius 2 is 2.18 bits per heavy atom. The second-order valence-corrected chi connectivity index (χ2v) is 4.53. The van der Waals surface area contributed by atoms with Crippen LogP contribution in [-0.2, 0) is 4.74 Å².